The summed E-state index contributed by atoms with van der Waals surface area (Å²) < 4.78 is 0. The minimum Gasteiger partial charge on any atom is -0.411 e. The average Bonchev–Trinajstić information content (AvgIpc) is 2.28. The molecule has 4 nitrogen and oxygen atoms in total. The normalized spacial score (nSPS) is 11.3. The summed E-state index contributed by atoms with van der Waals surface area (Å²) in [5.74, 6) is 0. The Balaban J connectivity index is 2.71. The van der Waals surface area contributed by atoms with Gasteiger partial charge in [0.05, 0.1) is 11.9 Å². The van der Waals surface area contributed by atoms with Crippen LogP contribution in [0.25, 0.3) is 10.8 Å². The molecule has 0 radical (unpaired) electrons. The predicted molar refractivity (Wildman–Crippen MR) is 60.7 cm³/mol. The summed E-state index contributed by atoms with van der Waals surface area (Å²) >= 11 is 1.56. The van der Waals surface area contributed by atoms with Crippen LogP contribution in [-0.4, -0.2) is 27.6 Å². The molecule has 0 fully saturated rings. The first-order valence-corrected chi connectivity index (χ1v) is 5.54. The molecule has 0 spiro atoms. The van der Waals surface area contributed by atoms with Crippen molar-refractivity contribution in [2.45, 2.75) is 5.03 Å². The summed E-state index contributed by atoms with van der Waals surface area (Å²) in [6, 6.07) is 3.76. The molecule has 0 aromatic carbocycles. The molecule has 15 heavy (non-hydrogen) atoms. The highest BCUT2D eigenvalue weighted by Gasteiger charge is 2.03. The van der Waals surface area contributed by atoms with Gasteiger partial charge in [-0.2, -0.15) is 0 Å². The zero-order chi connectivity index (χ0) is 10.7. The summed E-state index contributed by atoms with van der Waals surface area (Å²) in [4.78, 5) is 8.38. The Morgan fingerprint density at radius 1 is 1.53 bits per heavy atom. The zero-order valence-corrected chi connectivity index (χ0v) is 8.90. The summed E-state index contributed by atoms with van der Waals surface area (Å²) in [5, 5.41) is 14.4. The van der Waals surface area contributed by atoms with Crippen LogP contribution in [0.15, 0.2) is 34.7 Å². The number of fused-ring (bicyclic) bond motifs is 1. The van der Waals surface area contributed by atoms with Gasteiger partial charge < -0.3 is 5.21 Å². The van der Waals surface area contributed by atoms with E-state index in [1.54, 1.807) is 24.2 Å². The van der Waals surface area contributed by atoms with E-state index in [0.717, 1.165) is 15.8 Å². The van der Waals surface area contributed by atoms with Crippen molar-refractivity contribution in [1.29, 1.82) is 0 Å². The van der Waals surface area contributed by atoms with Gasteiger partial charge in [-0.1, -0.05) is 5.16 Å². The van der Waals surface area contributed by atoms with Gasteiger partial charge in [0.25, 0.3) is 0 Å². The van der Waals surface area contributed by atoms with Crippen molar-refractivity contribution >= 4 is 28.7 Å². The number of thioether (sulfide) groups is 1. The summed E-state index contributed by atoms with van der Waals surface area (Å²) in [7, 11) is 0. The Morgan fingerprint density at radius 2 is 2.40 bits per heavy atom. The molecule has 76 valence electrons. The van der Waals surface area contributed by atoms with Crippen molar-refractivity contribution in [3.63, 3.8) is 0 Å². The smallest absolute Gasteiger partial charge is 0.104 e. The Labute approximate surface area is 91.0 Å². The third kappa shape index (κ3) is 1.92. The van der Waals surface area contributed by atoms with Crippen molar-refractivity contribution in [2.24, 2.45) is 5.16 Å². The number of hydrogen-bond acceptors (Lipinski definition) is 5. The third-order valence-electron chi connectivity index (χ3n) is 2.00. The van der Waals surface area contributed by atoms with Crippen molar-refractivity contribution in [3.8, 4) is 0 Å². The highest BCUT2D eigenvalue weighted by Crippen LogP contribution is 2.23. The van der Waals surface area contributed by atoms with E-state index in [1.165, 1.54) is 6.21 Å². The first-order valence-electron chi connectivity index (χ1n) is 4.31. The lowest BCUT2D eigenvalue weighted by atomic mass is 10.2. The second-order valence-corrected chi connectivity index (χ2v) is 3.69. The molecule has 5 heteroatoms. The van der Waals surface area contributed by atoms with Gasteiger partial charge >= 0.3 is 0 Å². The van der Waals surface area contributed by atoms with Crippen LogP contribution in [0.2, 0.25) is 0 Å². The zero-order valence-electron chi connectivity index (χ0n) is 8.08. The van der Waals surface area contributed by atoms with Crippen LogP contribution in [0.1, 0.15) is 5.69 Å². The molecule has 0 bridgehead atoms. The van der Waals surface area contributed by atoms with Gasteiger partial charge in [-0.05, 0) is 18.4 Å². The Hall–Kier alpha value is -1.62. The number of rotatable bonds is 2. The number of pyridine rings is 2. The average molecular weight is 219 g/mol. The number of oxime groups is 1. The number of aromatic nitrogens is 2. The lowest BCUT2D eigenvalue weighted by Crippen LogP contribution is -1.91. The molecule has 0 aliphatic rings. The van der Waals surface area contributed by atoms with E-state index < -0.39 is 0 Å². The van der Waals surface area contributed by atoms with Gasteiger partial charge in [-0.25, -0.2) is 4.98 Å². The van der Waals surface area contributed by atoms with Crippen LogP contribution in [0.5, 0.6) is 0 Å². The van der Waals surface area contributed by atoms with Crippen LogP contribution in [-0.2, 0) is 0 Å². The largest absolute Gasteiger partial charge is 0.411 e. The van der Waals surface area contributed by atoms with E-state index in [-0.39, 0.29) is 0 Å². The molecule has 0 amide bonds. The van der Waals surface area contributed by atoms with E-state index >= 15 is 0 Å². The van der Waals surface area contributed by atoms with Crippen LogP contribution >= 0.6 is 11.8 Å². The topological polar surface area (TPSA) is 58.4 Å². The Bertz CT molecular complexity index is 513. The molecule has 0 saturated heterocycles. The van der Waals surface area contributed by atoms with Gasteiger partial charge in [-0.15, -0.1) is 11.8 Å². The molecule has 1 N–H and O–H groups in total. The second-order valence-electron chi connectivity index (χ2n) is 2.90. The molecule has 2 heterocycles. The Morgan fingerprint density at radius 3 is 3.13 bits per heavy atom. The van der Waals surface area contributed by atoms with Crippen LogP contribution in [0.3, 0.4) is 0 Å². The van der Waals surface area contributed by atoms with Gasteiger partial charge in [-0.3, -0.25) is 4.98 Å². The summed E-state index contributed by atoms with van der Waals surface area (Å²) in [5.41, 5.74) is 0.627. The fraction of sp³-hybridized carbons (Fsp3) is 0.100. The number of nitrogens with zero attached hydrogens (tertiary/aromatic N) is 3. The molecular weight excluding hydrogens is 210 g/mol. The molecular formula is C10H9N3OS. The summed E-state index contributed by atoms with van der Waals surface area (Å²) in [6.45, 7) is 0. The molecule has 2 rings (SSSR count). The molecule has 0 aliphatic carbocycles. The van der Waals surface area contributed by atoms with Crippen LogP contribution in [0.4, 0.5) is 0 Å². The standard InChI is InChI=1S/C10H9N3OS/c1-15-10-9-2-3-11-5-7(9)4-8(13-10)6-12-14/h2-6,14H,1H3/b12-6+. The van der Waals surface area contributed by atoms with Gasteiger partial charge in [0, 0.05) is 23.2 Å². The van der Waals surface area contributed by atoms with Gasteiger partial charge in [0.15, 0.2) is 0 Å². The fourth-order valence-corrected chi connectivity index (χ4v) is 1.97. The van der Waals surface area contributed by atoms with Gasteiger partial charge in [0.2, 0.25) is 0 Å². The minimum absolute atomic E-state index is 0.627. The van der Waals surface area contributed by atoms with E-state index in [1.807, 2.05) is 18.4 Å². The molecule has 0 atom stereocenters. The number of hydrogen-bond donors (Lipinski definition) is 1. The maximum absolute atomic E-state index is 8.46. The van der Waals surface area contributed by atoms with Crippen molar-refractivity contribution in [3.05, 3.63) is 30.2 Å². The molecule has 2 aromatic rings. The van der Waals surface area contributed by atoms with E-state index in [2.05, 4.69) is 15.1 Å². The third-order valence-corrected chi connectivity index (χ3v) is 2.70. The SMILES string of the molecule is CSc1nc(/C=N/O)cc2cnccc12. The Kier molecular flexibility index (Phi) is 2.82. The maximum atomic E-state index is 8.46. The predicted octanol–water partition coefficient (Wildman–Crippen LogP) is 2.16. The van der Waals surface area contributed by atoms with Gasteiger partial charge in [0.1, 0.15) is 5.03 Å². The van der Waals surface area contributed by atoms with E-state index in [9.17, 15) is 0 Å². The van der Waals surface area contributed by atoms with Crippen LogP contribution < -0.4 is 0 Å². The maximum Gasteiger partial charge on any atom is 0.104 e. The van der Waals surface area contributed by atoms with Crippen molar-refractivity contribution in [1.82, 2.24) is 9.97 Å². The monoisotopic (exact) mass is 219 g/mol. The summed E-state index contributed by atoms with van der Waals surface area (Å²) in [6.07, 6.45) is 6.78. The highest BCUT2D eigenvalue weighted by molar-refractivity contribution is 7.98. The van der Waals surface area contributed by atoms with Crippen molar-refractivity contribution in [2.75, 3.05) is 6.26 Å². The van der Waals surface area contributed by atoms with E-state index in [0.29, 0.717) is 5.69 Å². The molecule has 0 aliphatic heterocycles. The molecule has 0 unspecified atom stereocenters. The molecule has 2 aromatic heterocycles. The van der Waals surface area contributed by atoms with Crippen LogP contribution in [0, 0.1) is 0 Å². The lowest BCUT2D eigenvalue weighted by molar-refractivity contribution is 0.321. The van der Waals surface area contributed by atoms with E-state index in [4.69, 9.17) is 5.21 Å². The lowest BCUT2D eigenvalue weighted by Gasteiger charge is -2.03. The molecule has 0 saturated carbocycles. The minimum atomic E-state index is 0.627. The fourth-order valence-electron chi connectivity index (χ4n) is 1.37. The first-order chi connectivity index (χ1) is 7.35. The first kappa shape index (κ1) is 9.92. The quantitative estimate of drug-likeness (QED) is 0.364. The highest BCUT2D eigenvalue weighted by atomic mass is 32.2. The second kappa shape index (κ2) is 4.27. The van der Waals surface area contributed by atoms with Crippen molar-refractivity contribution < 1.29 is 5.21 Å².